The summed E-state index contributed by atoms with van der Waals surface area (Å²) in [6.07, 6.45) is 15.3. The number of nitrogens with one attached hydrogen (secondary N) is 1. The number of hydrogen-bond donors (Lipinski definition) is 1. The molecule has 0 spiro atoms. The van der Waals surface area contributed by atoms with Gasteiger partial charge in [0, 0.05) is 43.9 Å². The van der Waals surface area contributed by atoms with Crippen molar-refractivity contribution in [1.82, 2.24) is 15.3 Å². The van der Waals surface area contributed by atoms with Gasteiger partial charge in [-0.25, -0.2) is 4.98 Å². The second kappa shape index (κ2) is 8.63. The smallest absolute Gasteiger partial charge is 0.121 e. The van der Waals surface area contributed by atoms with Crippen molar-refractivity contribution < 1.29 is 6.16 Å². The van der Waals surface area contributed by atoms with Gasteiger partial charge in [-0.2, -0.15) is 0 Å². The summed E-state index contributed by atoms with van der Waals surface area (Å²) in [5.74, 6) is 0.818. The van der Waals surface area contributed by atoms with Gasteiger partial charge >= 0.3 is 0 Å². The molecule has 0 atom stereocenters. The fourth-order valence-electron chi connectivity index (χ4n) is 3.28. The van der Waals surface area contributed by atoms with Gasteiger partial charge in [-0.05, 0) is 41.8 Å². The minimum absolute atomic E-state index is 0. The van der Waals surface area contributed by atoms with Crippen LogP contribution in [0.15, 0.2) is 79.2 Å². The number of ether oxygens (including phenoxy) is 1. The van der Waals surface area contributed by atoms with E-state index in [1.54, 1.807) is 13.3 Å². The normalized spacial score (nSPS) is 13.4. The van der Waals surface area contributed by atoms with E-state index in [2.05, 4.69) is 58.9 Å². The first-order valence-electron chi connectivity index (χ1n) is 9.44. The molecule has 1 aromatic carbocycles. The molecule has 142 valence electrons. The molecule has 0 saturated carbocycles. The van der Waals surface area contributed by atoms with Gasteiger partial charge in [0.1, 0.15) is 5.75 Å². The minimum Gasteiger partial charge on any atom is -0.497 e. The van der Waals surface area contributed by atoms with Crippen LogP contribution < -0.4 is 10.1 Å². The number of nitrogens with zero attached hydrogens (tertiary/aromatic N) is 2. The van der Waals surface area contributed by atoms with Crippen molar-refractivity contribution in [2.75, 3.05) is 7.11 Å². The van der Waals surface area contributed by atoms with Crippen LogP contribution in [0.1, 0.15) is 24.7 Å². The summed E-state index contributed by atoms with van der Waals surface area (Å²) in [7, 11) is 1.68. The molecule has 1 N–H and O–H groups in total. The van der Waals surface area contributed by atoms with E-state index < -0.39 is 0 Å². The zero-order valence-corrected chi connectivity index (χ0v) is 15.9. The minimum atomic E-state index is 0. The van der Waals surface area contributed by atoms with Crippen molar-refractivity contribution in [2.24, 2.45) is 0 Å². The summed E-state index contributed by atoms with van der Waals surface area (Å²) in [5, 5.41) is 4.63. The van der Waals surface area contributed by atoms with Gasteiger partial charge in [-0.1, -0.05) is 36.4 Å². The summed E-state index contributed by atoms with van der Waals surface area (Å²) in [5.41, 5.74) is 5.40. The number of hydrogen-bond acceptors (Lipinski definition) is 4. The summed E-state index contributed by atoms with van der Waals surface area (Å²) in [6, 6.07) is 12.3. The predicted molar refractivity (Wildman–Crippen MR) is 116 cm³/mol. The topological polar surface area (TPSA) is 47.0 Å². The molecule has 28 heavy (non-hydrogen) atoms. The second-order valence-corrected chi connectivity index (χ2v) is 6.71. The molecular weight excluding hydrogens is 346 g/mol. The molecule has 2 heterocycles. The Labute approximate surface area is 166 Å². The standard InChI is InChI=1S/C24H23N3O.H2/c1-28-22-11-10-20-13-21(17-26-16-18-7-6-12-25-15-18)24(27-23(20)14-22)19-8-4-2-3-5-9-19;/h2,4-15,26H,3,16-17H2,1H3;1H. The van der Waals surface area contributed by atoms with Crippen LogP contribution in [-0.2, 0) is 13.1 Å². The number of fused-ring (bicyclic) bond motifs is 1. The third-order valence-corrected chi connectivity index (χ3v) is 4.73. The lowest BCUT2D eigenvalue weighted by molar-refractivity contribution is 0.415. The first kappa shape index (κ1) is 18.1. The molecule has 0 amide bonds. The summed E-state index contributed by atoms with van der Waals surface area (Å²) < 4.78 is 5.37. The number of allylic oxidation sites excluding steroid dienone is 6. The molecule has 4 rings (SSSR count). The number of methoxy groups -OCH3 is 1. The lowest BCUT2D eigenvalue weighted by atomic mass is 10.0. The first-order valence-corrected chi connectivity index (χ1v) is 9.44. The highest BCUT2D eigenvalue weighted by Gasteiger charge is 2.11. The fraction of sp³-hybridized carbons (Fsp3) is 0.167. The van der Waals surface area contributed by atoms with Crippen LogP contribution in [0.2, 0.25) is 0 Å². The van der Waals surface area contributed by atoms with Crippen molar-refractivity contribution in [2.45, 2.75) is 19.5 Å². The van der Waals surface area contributed by atoms with E-state index in [9.17, 15) is 0 Å². The van der Waals surface area contributed by atoms with E-state index >= 15 is 0 Å². The van der Waals surface area contributed by atoms with Crippen LogP contribution in [0.5, 0.6) is 5.75 Å². The lowest BCUT2D eigenvalue weighted by Gasteiger charge is -2.13. The van der Waals surface area contributed by atoms with Gasteiger partial charge in [0.25, 0.3) is 0 Å². The average molecular weight is 371 g/mol. The quantitative estimate of drug-likeness (QED) is 0.657. The van der Waals surface area contributed by atoms with Crippen molar-refractivity contribution in [3.05, 3.63) is 96.0 Å². The van der Waals surface area contributed by atoms with Crippen molar-refractivity contribution in [1.29, 1.82) is 0 Å². The Kier molecular flexibility index (Phi) is 5.59. The maximum Gasteiger partial charge on any atom is 0.121 e. The molecule has 3 aromatic rings. The van der Waals surface area contributed by atoms with Crippen LogP contribution in [0.25, 0.3) is 16.5 Å². The van der Waals surface area contributed by atoms with E-state index in [1.165, 1.54) is 11.1 Å². The Bertz CT molecular complexity index is 1060. The summed E-state index contributed by atoms with van der Waals surface area (Å²) >= 11 is 0. The third-order valence-electron chi connectivity index (χ3n) is 4.73. The Morgan fingerprint density at radius 3 is 2.96 bits per heavy atom. The number of aromatic nitrogens is 2. The van der Waals surface area contributed by atoms with Crippen molar-refractivity contribution >= 4 is 16.5 Å². The lowest BCUT2D eigenvalue weighted by Crippen LogP contribution is -2.14. The van der Waals surface area contributed by atoms with E-state index in [4.69, 9.17) is 9.72 Å². The number of rotatable bonds is 6. The van der Waals surface area contributed by atoms with Gasteiger partial charge in [0.05, 0.1) is 18.3 Å². The molecule has 0 aliphatic heterocycles. The Hall–Kier alpha value is -3.24. The summed E-state index contributed by atoms with van der Waals surface area (Å²) in [6.45, 7) is 1.50. The Morgan fingerprint density at radius 1 is 1.14 bits per heavy atom. The average Bonchev–Trinajstić information content (AvgIpc) is 3.03. The number of pyridine rings is 2. The molecule has 1 aliphatic rings. The molecule has 2 aromatic heterocycles. The van der Waals surface area contributed by atoms with E-state index in [0.717, 1.165) is 47.4 Å². The highest BCUT2D eigenvalue weighted by atomic mass is 16.5. The predicted octanol–water partition coefficient (Wildman–Crippen LogP) is 5.07. The SMILES string of the molecule is COc1ccc2cc(CNCc3cccnc3)c(C3=CC=CCC=C3)nc2c1.[HH]. The third kappa shape index (κ3) is 4.18. The largest absolute Gasteiger partial charge is 0.497 e. The van der Waals surface area contributed by atoms with Crippen LogP contribution in [0.4, 0.5) is 0 Å². The van der Waals surface area contributed by atoms with Gasteiger partial charge in [0.15, 0.2) is 0 Å². The molecule has 0 saturated heterocycles. The maximum absolute atomic E-state index is 5.37. The monoisotopic (exact) mass is 371 g/mol. The zero-order chi connectivity index (χ0) is 19.2. The molecule has 1 aliphatic carbocycles. The zero-order valence-electron chi connectivity index (χ0n) is 15.9. The molecule has 4 heteroatoms. The fourth-order valence-corrected chi connectivity index (χ4v) is 3.28. The van der Waals surface area contributed by atoms with E-state index in [0.29, 0.717) is 0 Å². The Morgan fingerprint density at radius 2 is 2.11 bits per heavy atom. The molecule has 0 radical (unpaired) electrons. The first-order chi connectivity index (χ1) is 13.8. The van der Waals surface area contributed by atoms with Crippen molar-refractivity contribution in [3.63, 3.8) is 0 Å². The molecular formula is C24H25N3O. The van der Waals surface area contributed by atoms with Crippen LogP contribution in [0, 0.1) is 0 Å². The van der Waals surface area contributed by atoms with E-state index in [1.807, 2.05) is 24.4 Å². The van der Waals surface area contributed by atoms with Gasteiger partial charge in [0.2, 0.25) is 0 Å². The van der Waals surface area contributed by atoms with Crippen molar-refractivity contribution in [3.8, 4) is 5.75 Å². The highest BCUT2D eigenvalue weighted by Crippen LogP contribution is 2.27. The molecule has 0 bridgehead atoms. The van der Waals surface area contributed by atoms with Crippen LogP contribution in [-0.4, -0.2) is 17.1 Å². The molecule has 4 nitrogen and oxygen atoms in total. The molecule has 0 unspecified atom stereocenters. The maximum atomic E-state index is 5.37. The van der Waals surface area contributed by atoms with Gasteiger partial charge in [-0.15, -0.1) is 0 Å². The van der Waals surface area contributed by atoms with Crippen LogP contribution >= 0.6 is 0 Å². The highest BCUT2D eigenvalue weighted by molar-refractivity contribution is 5.85. The molecule has 0 fully saturated rings. The van der Waals surface area contributed by atoms with Gasteiger partial charge < -0.3 is 10.1 Å². The van der Waals surface area contributed by atoms with Gasteiger partial charge in [-0.3, -0.25) is 4.98 Å². The summed E-state index contributed by atoms with van der Waals surface area (Å²) in [4.78, 5) is 9.17. The second-order valence-electron chi connectivity index (χ2n) is 6.71. The van der Waals surface area contributed by atoms with Crippen LogP contribution in [0.3, 0.4) is 0 Å². The van der Waals surface area contributed by atoms with E-state index in [-0.39, 0.29) is 1.43 Å². The Balaban J connectivity index is 0.00000240. The number of benzene rings is 1.